The lowest BCUT2D eigenvalue weighted by Crippen LogP contribution is -2.34. The molecule has 104 valence electrons. The molecule has 0 aliphatic heterocycles. The summed E-state index contributed by atoms with van der Waals surface area (Å²) < 4.78 is 0. The number of carbonyl (C=O) groups is 2. The van der Waals surface area contributed by atoms with Crippen LogP contribution < -0.4 is 10.6 Å². The van der Waals surface area contributed by atoms with E-state index < -0.39 is 0 Å². The fraction of sp³-hybridized carbons (Fsp3) is 0.846. The Morgan fingerprint density at radius 2 is 1.67 bits per heavy atom. The molecule has 0 aromatic rings. The lowest BCUT2D eigenvalue weighted by Gasteiger charge is -2.10. The zero-order valence-corrected chi connectivity index (χ0v) is 11.7. The number of nitrogens with one attached hydrogen (secondary N) is 2. The summed E-state index contributed by atoms with van der Waals surface area (Å²) in [6, 6.07) is 0. The van der Waals surface area contributed by atoms with Gasteiger partial charge in [-0.25, -0.2) is 0 Å². The molecule has 5 nitrogen and oxygen atoms in total. The molecule has 2 N–H and O–H groups in total. The van der Waals surface area contributed by atoms with Gasteiger partial charge >= 0.3 is 0 Å². The van der Waals surface area contributed by atoms with E-state index in [4.69, 9.17) is 0 Å². The number of unbranched alkanes of at least 4 members (excludes halogenated alkanes) is 1. The molecule has 5 heteroatoms. The first kappa shape index (κ1) is 15.0. The molecule has 1 aliphatic rings. The highest BCUT2D eigenvalue weighted by molar-refractivity contribution is 5.92. The van der Waals surface area contributed by atoms with Crippen LogP contribution in [0.4, 0.5) is 0 Å². The molecule has 2 atom stereocenters. The Morgan fingerprint density at radius 3 is 2.17 bits per heavy atom. The lowest BCUT2D eigenvalue weighted by atomic mass is 10.2. The van der Waals surface area contributed by atoms with Gasteiger partial charge in [0.1, 0.15) is 0 Å². The highest BCUT2D eigenvalue weighted by Crippen LogP contribution is 2.38. The molecule has 0 aromatic heterocycles. The number of hydrogen-bond donors (Lipinski definition) is 2. The van der Waals surface area contributed by atoms with E-state index >= 15 is 0 Å². The van der Waals surface area contributed by atoms with E-state index in [0.717, 1.165) is 25.9 Å². The van der Waals surface area contributed by atoms with Crippen molar-refractivity contribution >= 4 is 11.8 Å². The van der Waals surface area contributed by atoms with Crippen molar-refractivity contribution in [1.82, 2.24) is 15.5 Å². The predicted octanol–water partition coefficient (Wildman–Crippen LogP) is 0.217. The Kier molecular flexibility index (Phi) is 6.12. The van der Waals surface area contributed by atoms with Crippen LogP contribution in [0.5, 0.6) is 0 Å². The van der Waals surface area contributed by atoms with Crippen LogP contribution in [0.3, 0.4) is 0 Å². The molecule has 1 saturated carbocycles. The van der Waals surface area contributed by atoms with Crippen LogP contribution in [0.25, 0.3) is 0 Å². The van der Waals surface area contributed by atoms with Crippen molar-refractivity contribution in [2.45, 2.75) is 26.2 Å². The third-order valence-electron chi connectivity index (χ3n) is 3.15. The van der Waals surface area contributed by atoms with Crippen LogP contribution in [0.1, 0.15) is 26.2 Å². The number of carbonyl (C=O) groups excluding carboxylic acids is 2. The molecule has 0 saturated heterocycles. The van der Waals surface area contributed by atoms with E-state index in [1.807, 2.05) is 19.0 Å². The fourth-order valence-electron chi connectivity index (χ4n) is 1.83. The van der Waals surface area contributed by atoms with Gasteiger partial charge in [0.15, 0.2) is 0 Å². The summed E-state index contributed by atoms with van der Waals surface area (Å²) >= 11 is 0. The molecule has 0 aromatic carbocycles. The van der Waals surface area contributed by atoms with Gasteiger partial charge in [-0.1, -0.05) is 13.3 Å². The highest BCUT2D eigenvalue weighted by Gasteiger charge is 2.47. The van der Waals surface area contributed by atoms with Crippen LogP contribution in [0, 0.1) is 11.8 Å². The van der Waals surface area contributed by atoms with Crippen LogP contribution in [0.15, 0.2) is 0 Å². The Balaban J connectivity index is 2.14. The smallest absolute Gasteiger partial charge is 0.223 e. The Labute approximate surface area is 109 Å². The number of hydrogen-bond acceptors (Lipinski definition) is 3. The quantitative estimate of drug-likeness (QED) is 0.610. The summed E-state index contributed by atoms with van der Waals surface area (Å²) in [5.74, 6) is -0.140. The molecule has 0 heterocycles. The van der Waals surface area contributed by atoms with E-state index in [-0.39, 0.29) is 23.7 Å². The standard InChI is InChI=1S/C13H25N3O2/c1-4-5-6-14-12(17)10-9-11(10)13(18)15-7-8-16(2)3/h10-11H,4-9H2,1-3H3,(H,14,17)(H,15,18). The van der Waals surface area contributed by atoms with Gasteiger partial charge in [0.2, 0.25) is 11.8 Å². The highest BCUT2D eigenvalue weighted by atomic mass is 16.2. The van der Waals surface area contributed by atoms with Gasteiger partial charge < -0.3 is 15.5 Å². The van der Waals surface area contributed by atoms with Gasteiger partial charge in [-0.05, 0) is 26.9 Å². The largest absolute Gasteiger partial charge is 0.356 e. The van der Waals surface area contributed by atoms with Crippen LogP contribution >= 0.6 is 0 Å². The molecular weight excluding hydrogens is 230 g/mol. The van der Waals surface area contributed by atoms with Crippen LogP contribution in [-0.2, 0) is 9.59 Å². The van der Waals surface area contributed by atoms with Gasteiger partial charge in [0.05, 0.1) is 11.8 Å². The minimum absolute atomic E-state index is 0.0208. The van der Waals surface area contributed by atoms with E-state index in [1.165, 1.54) is 0 Å². The van der Waals surface area contributed by atoms with E-state index in [9.17, 15) is 9.59 Å². The number of rotatable bonds is 8. The van der Waals surface area contributed by atoms with Crippen molar-refractivity contribution in [3.8, 4) is 0 Å². The first-order valence-corrected chi connectivity index (χ1v) is 6.76. The third-order valence-corrected chi connectivity index (χ3v) is 3.15. The van der Waals surface area contributed by atoms with Crippen molar-refractivity contribution in [1.29, 1.82) is 0 Å². The minimum Gasteiger partial charge on any atom is -0.356 e. The number of nitrogens with zero attached hydrogens (tertiary/aromatic N) is 1. The van der Waals surface area contributed by atoms with Crippen molar-refractivity contribution < 1.29 is 9.59 Å². The monoisotopic (exact) mass is 255 g/mol. The van der Waals surface area contributed by atoms with Crippen molar-refractivity contribution in [3.05, 3.63) is 0 Å². The molecule has 18 heavy (non-hydrogen) atoms. The summed E-state index contributed by atoms with van der Waals surface area (Å²) in [6.07, 6.45) is 2.77. The van der Waals surface area contributed by atoms with Crippen molar-refractivity contribution in [2.24, 2.45) is 11.8 Å². The summed E-state index contributed by atoms with van der Waals surface area (Å²) in [4.78, 5) is 25.4. The lowest BCUT2D eigenvalue weighted by molar-refractivity contribution is -0.127. The van der Waals surface area contributed by atoms with E-state index in [2.05, 4.69) is 17.6 Å². The maximum Gasteiger partial charge on any atom is 0.223 e. The fourth-order valence-corrected chi connectivity index (χ4v) is 1.83. The van der Waals surface area contributed by atoms with Crippen LogP contribution in [0.2, 0.25) is 0 Å². The van der Waals surface area contributed by atoms with Crippen LogP contribution in [-0.4, -0.2) is 50.4 Å². The zero-order chi connectivity index (χ0) is 13.5. The van der Waals surface area contributed by atoms with Gasteiger partial charge in [-0.2, -0.15) is 0 Å². The third kappa shape index (κ3) is 5.04. The predicted molar refractivity (Wildman–Crippen MR) is 71.1 cm³/mol. The summed E-state index contributed by atoms with van der Waals surface area (Å²) in [7, 11) is 3.93. The van der Waals surface area contributed by atoms with E-state index in [0.29, 0.717) is 13.0 Å². The molecule has 1 rings (SSSR count). The minimum atomic E-state index is -0.103. The topological polar surface area (TPSA) is 61.4 Å². The second-order valence-corrected chi connectivity index (χ2v) is 5.19. The molecule has 1 aliphatic carbocycles. The second kappa shape index (κ2) is 7.36. The first-order valence-electron chi connectivity index (χ1n) is 6.76. The zero-order valence-electron chi connectivity index (χ0n) is 11.7. The van der Waals surface area contributed by atoms with E-state index in [1.54, 1.807) is 0 Å². The molecule has 2 unspecified atom stereocenters. The van der Waals surface area contributed by atoms with Crippen molar-refractivity contribution in [2.75, 3.05) is 33.7 Å². The van der Waals surface area contributed by atoms with Gasteiger partial charge in [0.25, 0.3) is 0 Å². The molecule has 2 amide bonds. The molecule has 0 bridgehead atoms. The summed E-state index contributed by atoms with van der Waals surface area (Å²) in [5, 5.41) is 5.74. The second-order valence-electron chi connectivity index (χ2n) is 5.19. The maximum absolute atomic E-state index is 11.7. The molecule has 0 radical (unpaired) electrons. The van der Waals surface area contributed by atoms with Gasteiger partial charge in [-0.15, -0.1) is 0 Å². The molecular formula is C13H25N3O2. The normalized spacial score (nSPS) is 21.8. The maximum atomic E-state index is 11.7. The molecule has 0 spiro atoms. The summed E-state index contributed by atoms with van der Waals surface area (Å²) in [5.41, 5.74) is 0. The number of likely N-dealkylation sites (N-methyl/N-ethyl adjacent to an activating group) is 1. The first-order chi connectivity index (χ1) is 8.56. The Hall–Kier alpha value is -1.10. The average Bonchev–Trinajstić information content (AvgIpc) is 3.08. The van der Waals surface area contributed by atoms with Gasteiger partial charge in [0, 0.05) is 19.6 Å². The summed E-state index contributed by atoms with van der Waals surface area (Å²) in [6.45, 7) is 4.28. The Bertz CT molecular complexity index is 292. The average molecular weight is 255 g/mol. The SMILES string of the molecule is CCCCNC(=O)C1CC1C(=O)NCCN(C)C. The van der Waals surface area contributed by atoms with Crippen molar-refractivity contribution in [3.63, 3.8) is 0 Å². The number of amides is 2. The molecule has 1 fully saturated rings. The van der Waals surface area contributed by atoms with Gasteiger partial charge in [-0.3, -0.25) is 9.59 Å². The Morgan fingerprint density at radius 1 is 1.11 bits per heavy atom.